The number of ether oxygens (including phenoxy) is 2. The van der Waals surface area contributed by atoms with Crippen molar-refractivity contribution in [3.63, 3.8) is 0 Å². The van der Waals surface area contributed by atoms with Crippen molar-refractivity contribution in [2.24, 2.45) is 4.85 Å². The van der Waals surface area contributed by atoms with Gasteiger partial charge in [-0.3, -0.25) is 19.4 Å². The number of non-ortho nitro benzene ring substituents is 1. The second-order valence-electron chi connectivity index (χ2n) is 8.46. The van der Waals surface area contributed by atoms with Gasteiger partial charge in [0.25, 0.3) is 5.69 Å². The van der Waals surface area contributed by atoms with Gasteiger partial charge in [-0.1, -0.05) is 58.3 Å². The van der Waals surface area contributed by atoms with Gasteiger partial charge in [0, 0.05) is 23.4 Å². The number of nitrogens with one attached hydrogen (secondary N) is 1. The molecule has 1 atom stereocenters. The van der Waals surface area contributed by atoms with Crippen LogP contribution in [0.4, 0.5) is 5.69 Å². The van der Waals surface area contributed by atoms with Crippen LogP contribution in [0.25, 0.3) is 0 Å². The molecule has 0 amide bonds. The second kappa shape index (κ2) is 18.2. The first-order valence-corrected chi connectivity index (χ1v) is 13.9. The minimum absolute atomic E-state index is 0.0236. The molecular formula is C26H36N3O7P. The van der Waals surface area contributed by atoms with E-state index in [0.29, 0.717) is 23.7 Å². The molecule has 11 heteroatoms. The van der Waals surface area contributed by atoms with Gasteiger partial charge in [-0.05, 0) is 42.8 Å². The van der Waals surface area contributed by atoms with Crippen LogP contribution in [0.1, 0.15) is 71.1 Å². The Morgan fingerprint density at radius 2 is 1.43 bits per heavy atom. The number of nitro groups is 1. The minimum Gasteiger partial charge on any atom is -0.574 e. The normalized spacial score (nSPS) is 11.2. The predicted octanol–water partition coefficient (Wildman–Crippen LogP) is 6.59. The van der Waals surface area contributed by atoms with Crippen LogP contribution in [-0.2, 0) is 9.53 Å². The van der Waals surface area contributed by atoms with Gasteiger partial charge >= 0.3 is 14.1 Å². The smallest absolute Gasteiger partial charge is 0.412 e. The van der Waals surface area contributed by atoms with Gasteiger partial charge in [0.1, 0.15) is 18.1 Å². The van der Waals surface area contributed by atoms with Gasteiger partial charge in [-0.2, -0.15) is 5.43 Å². The first-order valence-electron chi connectivity index (χ1n) is 12.7. The number of nitrogens with zero attached hydrogens (tertiary/aromatic N) is 2. The number of nitro benzene ring substituents is 1. The van der Waals surface area contributed by atoms with E-state index in [-0.39, 0.29) is 24.8 Å². The summed E-state index contributed by atoms with van der Waals surface area (Å²) in [5.74, 6) is 1.02. The van der Waals surface area contributed by atoms with Gasteiger partial charge < -0.3 is 14.4 Å². The zero-order valence-corrected chi connectivity index (χ0v) is 22.2. The molecule has 2 rings (SSSR count). The molecule has 1 unspecified atom stereocenters. The third kappa shape index (κ3) is 13.7. The van der Waals surface area contributed by atoms with E-state index in [2.05, 4.69) is 17.2 Å². The Hall–Kier alpha value is -3.07. The van der Waals surface area contributed by atoms with Gasteiger partial charge in [-0.25, -0.2) is 0 Å². The fraction of sp³-hybridized carbons (Fsp3) is 0.500. The lowest BCUT2D eigenvalue weighted by Gasteiger charge is -2.06. The monoisotopic (exact) mass is 533 g/mol. The first-order chi connectivity index (χ1) is 18.0. The van der Waals surface area contributed by atoms with Crippen molar-refractivity contribution in [3.8, 4) is 17.2 Å². The molecule has 0 saturated carbocycles. The third-order valence-electron chi connectivity index (χ3n) is 5.40. The Kier molecular flexibility index (Phi) is 14.8. The zero-order valence-electron chi connectivity index (χ0n) is 21.3. The van der Waals surface area contributed by atoms with E-state index in [1.165, 1.54) is 62.8 Å². The molecule has 0 aliphatic rings. The van der Waals surface area contributed by atoms with E-state index in [1.54, 1.807) is 24.3 Å². The van der Waals surface area contributed by atoms with Crippen LogP contribution in [0, 0.1) is 10.1 Å². The van der Waals surface area contributed by atoms with E-state index < -0.39 is 13.1 Å². The molecule has 0 spiro atoms. The highest BCUT2D eigenvalue weighted by molar-refractivity contribution is 7.33. The van der Waals surface area contributed by atoms with Crippen LogP contribution in [-0.4, -0.2) is 24.0 Å². The largest absolute Gasteiger partial charge is 0.574 e. The maximum atomic E-state index is 12.0. The van der Waals surface area contributed by atoms with Crippen molar-refractivity contribution in [2.45, 2.75) is 71.1 Å². The highest BCUT2D eigenvalue weighted by Gasteiger charge is 2.08. The molecule has 0 radical (unpaired) electrons. The number of rotatable bonds is 19. The highest BCUT2D eigenvalue weighted by Crippen LogP contribution is 2.28. The maximum Gasteiger partial charge on any atom is 0.412 e. The maximum absolute atomic E-state index is 12.0. The fourth-order valence-corrected chi connectivity index (χ4v) is 3.98. The van der Waals surface area contributed by atoms with Crippen LogP contribution in [0.15, 0.2) is 53.4 Å². The average Bonchev–Trinajstić information content (AvgIpc) is 2.89. The van der Waals surface area contributed by atoms with Crippen molar-refractivity contribution < 1.29 is 28.6 Å². The van der Waals surface area contributed by atoms with E-state index in [1.807, 2.05) is 0 Å². The topological polar surface area (TPSA) is 135 Å². The third-order valence-corrected chi connectivity index (χ3v) is 6.08. The average molecular weight is 534 g/mol. The molecule has 0 heterocycles. The summed E-state index contributed by atoms with van der Waals surface area (Å²) >= 11 is 0. The number of hydrogen-bond acceptors (Lipinski definition) is 8. The molecule has 2 aromatic rings. The van der Waals surface area contributed by atoms with Gasteiger partial charge in [0.15, 0.2) is 5.75 Å². The van der Waals surface area contributed by atoms with Gasteiger partial charge in [-0.15, -0.1) is 0 Å². The van der Waals surface area contributed by atoms with Crippen LogP contribution in [0.5, 0.6) is 17.2 Å². The number of carbonyl (C=O) groups excluding carboxylic acids is 1. The lowest BCUT2D eigenvalue weighted by atomic mass is 10.1. The van der Waals surface area contributed by atoms with Gasteiger partial charge in [0.2, 0.25) is 0 Å². The summed E-state index contributed by atoms with van der Waals surface area (Å²) in [6.07, 6.45) is 11.1. The van der Waals surface area contributed by atoms with E-state index in [0.717, 1.165) is 19.3 Å². The summed E-state index contributed by atoms with van der Waals surface area (Å²) in [6, 6.07) is 12.1. The minimum atomic E-state index is -2.36. The van der Waals surface area contributed by atoms with Crippen LogP contribution < -0.4 is 19.6 Å². The van der Waals surface area contributed by atoms with E-state index >= 15 is 0 Å². The van der Waals surface area contributed by atoms with Gasteiger partial charge in [0.05, 0.1) is 11.5 Å². The van der Waals surface area contributed by atoms with Crippen LogP contribution in [0.3, 0.4) is 0 Å². The standard InChI is InChI=1S/C26H36N3O7P/c1-2-3-4-5-6-7-8-9-10-11-26(30)34-21-20-27-28-37(33)36-25-18-16-24(17-19-25)35-23-14-12-22(13-15-23)29(31)32/h12-19,27H,2-11,20-21H2,1H3. The number of carbonyl (C=O) groups is 1. The summed E-state index contributed by atoms with van der Waals surface area (Å²) in [5, 5.41) is 10.7. The number of hydrogen-bond donors (Lipinski definition) is 1. The molecule has 0 aliphatic carbocycles. The summed E-state index contributed by atoms with van der Waals surface area (Å²) in [5.41, 5.74) is 2.57. The Morgan fingerprint density at radius 3 is 2.03 bits per heavy atom. The molecule has 2 aromatic carbocycles. The molecule has 0 saturated heterocycles. The van der Waals surface area contributed by atoms with E-state index in [9.17, 15) is 19.8 Å². The highest BCUT2D eigenvalue weighted by atomic mass is 31.1. The number of benzene rings is 2. The lowest BCUT2D eigenvalue weighted by molar-refractivity contribution is -0.384. The SMILES string of the molecule is CCCCCCCCCCCC(=O)OCCN/N=[P+](\[O-])Oc1ccc(Oc2ccc([N+](=O)[O-])cc2)cc1. The Bertz CT molecular complexity index is 969. The molecular weight excluding hydrogens is 497 g/mol. The molecule has 202 valence electrons. The molecule has 0 fully saturated rings. The van der Waals surface area contributed by atoms with Crippen LogP contribution in [0.2, 0.25) is 0 Å². The van der Waals surface area contributed by atoms with Crippen molar-refractivity contribution in [1.29, 1.82) is 0 Å². The van der Waals surface area contributed by atoms with Crippen molar-refractivity contribution in [1.82, 2.24) is 5.43 Å². The summed E-state index contributed by atoms with van der Waals surface area (Å²) in [4.78, 5) is 37.7. The van der Waals surface area contributed by atoms with Crippen molar-refractivity contribution in [2.75, 3.05) is 13.2 Å². The zero-order chi connectivity index (χ0) is 26.7. The Balaban J connectivity index is 1.55. The van der Waals surface area contributed by atoms with Crippen LogP contribution >= 0.6 is 8.17 Å². The molecule has 0 aromatic heterocycles. The fourth-order valence-electron chi connectivity index (χ4n) is 3.42. The summed E-state index contributed by atoms with van der Waals surface area (Å²) in [6.45, 7) is 2.58. The Labute approximate surface area is 219 Å². The second-order valence-corrected chi connectivity index (χ2v) is 9.32. The Morgan fingerprint density at radius 1 is 0.892 bits per heavy atom. The quantitative estimate of drug-likeness (QED) is 0.0702. The lowest BCUT2D eigenvalue weighted by Crippen LogP contribution is -2.17. The molecule has 0 aliphatic heterocycles. The molecule has 1 N–H and O–H groups in total. The summed E-state index contributed by atoms with van der Waals surface area (Å²) < 4.78 is 16.0. The number of esters is 1. The summed E-state index contributed by atoms with van der Waals surface area (Å²) in [7, 11) is -2.36. The number of unbranched alkanes of at least 4 members (excludes halogenated alkanes) is 8. The molecule has 0 bridgehead atoms. The van der Waals surface area contributed by atoms with Crippen molar-refractivity contribution >= 4 is 19.8 Å². The molecule has 37 heavy (non-hydrogen) atoms. The first kappa shape index (κ1) is 30.2. The van der Waals surface area contributed by atoms with E-state index in [4.69, 9.17) is 14.0 Å². The predicted molar refractivity (Wildman–Crippen MR) is 140 cm³/mol. The van der Waals surface area contributed by atoms with Crippen molar-refractivity contribution in [3.05, 3.63) is 58.6 Å². The molecule has 10 nitrogen and oxygen atoms in total.